The third-order valence-electron chi connectivity index (χ3n) is 7.53. The fraction of sp³-hybridized carbons (Fsp3) is 0.423. The van der Waals surface area contributed by atoms with Gasteiger partial charge < -0.3 is 14.8 Å². The molecule has 0 spiro atoms. The van der Waals surface area contributed by atoms with Crippen molar-refractivity contribution in [1.29, 1.82) is 0 Å². The minimum absolute atomic E-state index is 0.160. The van der Waals surface area contributed by atoms with Crippen LogP contribution in [0.5, 0.6) is 0 Å². The molecule has 1 unspecified atom stereocenters. The van der Waals surface area contributed by atoms with Crippen LogP contribution in [0.2, 0.25) is 10.0 Å². The number of carbonyl (C=O) groups is 1. The van der Waals surface area contributed by atoms with Gasteiger partial charge in [-0.15, -0.1) is 0 Å². The van der Waals surface area contributed by atoms with Crippen LogP contribution in [0, 0.1) is 0 Å². The molecular weight excluding hydrogens is 549 g/mol. The van der Waals surface area contributed by atoms with E-state index in [-0.39, 0.29) is 24.6 Å². The molecule has 2 heterocycles. The summed E-state index contributed by atoms with van der Waals surface area (Å²) in [6.45, 7) is 2.84. The Labute approximate surface area is 233 Å². The summed E-state index contributed by atoms with van der Waals surface area (Å²) in [7, 11) is 0. The average Bonchev–Trinajstić information content (AvgIpc) is 3.43. The second-order valence-electron chi connectivity index (χ2n) is 9.78. The lowest BCUT2D eigenvalue weighted by Gasteiger charge is -2.44. The smallest absolute Gasteiger partial charge is 0.261 e. The van der Waals surface area contributed by atoms with Crippen LogP contribution in [0.3, 0.4) is 0 Å². The third kappa shape index (κ3) is 5.46. The Bertz CT molecular complexity index is 1430. The zero-order valence-corrected chi connectivity index (χ0v) is 23.1. The predicted molar refractivity (Wildman–Crippen MR) is 150 cm³/mol. The molecule has 2 aliphatic rings. The van der Waals surface area contributed by atoms with Gasteiger partial charge in [0.2, 0.25) is 5.91 Å². The number of carbonyl (C=O) groups excluding carboxylic acids is 1. The maximum Gasteiger partial charge on any atom is 0.261 e. The molecule has 12 heteroatoms. The molecule has 1 aliphatic heterocycles. The summed E-state index contributed by atoms with van der Waals surface area (Å²) in [5.41, 5.74) is 1.96. The van der Waals surface area contributed by atoms with Crippen molar-refractivity contribution in [2.45, 2.75) is 43.6 Å². The minimum atomic E-state index is -1.89. The normalized spacial score (nSPS) is 18.6. The van der Waals surface area contributed by atoms with E-state index in [0.29, 0.717) is 47.1 Å². The summed E-state index contributed by atoms with van der Waals surface area (Å²) in [5.74, 6) is -0.325. The highest BCUT2D eigenvalue weighted by Gasteiger charge is 2.45. The van der Waals surface area contributed by atoms with Gasteiger partial charge in [-0.1, -0.05) is 42.1 Å². The zero-order chi connectivity index (χ0) is 26.9. The SMILES string of the molecule is O=C(Cn1cnc2ccc(N3CCN(C4(S(=O)O)CCCC4)CC3)cc2c1=O)NCc1ccc(Cl)c(Cl)c1. The van der Waals surface area contributed by atoms with E-state index < -0.39 is 16.0 Å². The molecule has 0 bridgehead atoms. The molecular formula is C26H29Cl2N5O4S. The Morgan fingerprint density at radius 2 is 1.79 bits per heavy atom. The highest BCUT2D eigenvalue weighted by molar-refractivity contribution is 7.80. The van der Waals surface area contributed by atoms with E-state index in [1.165, 1.54) is 10.9 Å². The van der Waals surface area contributed by atoms with Crippen LogP contribution >= 0.6 is 23.2 Å². The first-order chi connectivity index (χ1) is 18.3. The lowest BCUT2D eigenvalue weighted by atomic mass is 10.1. The Kier molecular flexibility index (Phi) is 8.06. The van der Waals surface area contributed by atoms with Crippen molar-refractivity contribution in [2.24, 2.45) is 0 Å². The highest BCUT2D eigenvalue weighted by Crippen LogP contribution is 2.38. The number of benzene rings is 2. The number of piperazine rings is 1. The molecule has 0 radical (unpaired) electrons. The molecule has 1 aliphatic carbocycles. The van der Waals surface area contributed by atoms with Crippen LogP contribution in [0.15, 0.2) is 47.5 Å². The number of amides is 1. The van der Waals surface area contributed by atoms with Gasteiger partial charge in [0, 0.05) is 38.4 Å². The van der Waals surface area contributed by atoms with Crippen molar-refractivity contribution in [2.75, 3.05) is 31.1 Å². The van der Waals surface area contributed by atoms with Gasteiger partial charge in [0.05, 0.1) is 27.3 Å². The van der Waals surface area contributed by atoms with Crippen molar-refractivity contribution in [3.05, 3.63) is 68.7 Å². The Morgan fingerprint density at radius 3 is 2.47 bits per heavy atom. The first-order valence-electron chi connectivity index (χ1n) is 12.6. The lowest BCUT2D eigenvalue weighted by molar-refractivity contribution is -0.121. The topological polar surface area (TPSA) is 108 Å². The largest absolute Gasteiger partial charge is 0.369 e. The van der Waals surface area contributed by atoms with Gasteiger partial charge in [-0.25, -0.2) is 9.19 Å². The van der Waals surface area contributed by atoms with E-state index in [1.54, 1.807) is 18.2 Å². The van der Waals surface area contributed by atoms with Gasteiger partial charge in [0.15, 0.2) is 11.1 Å². The van der Waals surface area contributed by atoms with Gasteiger partial charge in [0.25, 0.3) is 5.56 Å². The summed E-state index contributed by atoms with van der Waals surface area (Å²) in [6, 6.07) is 10.7. The quantitative estimate of drug-likeness (QED) is 0.413. The Morgan fingerprint density at radius 1 is 1.05 bits per heavy atom. The van der Waals surface area contributed by atoms with Crippen molar-refractivity contribution < 1.29 is 13.6 Å². The maximum atomic E-state index is 13.2. The van der Waals surface area contributed by atoms with Gasteiger partial charge in [-0.2, -0.15) is 0 Å². The van der Waals surface area contributed by atoms with E-state index in [2.05, 4.69) is 20.1 Å². The van der Waals surface area contributed by atoms with Crippen LogP contribution in [-0.2, 0) is 29.0 Å². The van der Waals surface area contributed by atoms with Gasteiger partial charge in [0.1, 0.15) is 11.4 Å². The van der Waals surface area contributed by atoms with Crippen LogP contribution < -0.4 is 15.8 Å². The van der Waals surface area contributed by atoms with Crippen molar-refractivity contribution in [3.63, 3.8) is 0 Å². The Hall–Kier alpha value is -2.50. The van der Waals surface area contributed by atoms with Crippen molar-refractivity contribution >= 4 is 56.8 Å². The molecule has 3 aromatic rings. The zero-order valence-electron chi connectivity index (χ0n) is 20.7. The van der Waals surface area contributed by atoms with Crippen LogP contribution in [0.1, 0.15) is 31.2 Å². The Balaban J connectivity index is 1.26. The lowest BCUT2D eigenvalue weighted by Crippen LogP contribution is -2.58. The molecule has 38 heavy (non-hydrogen) atoms. The standard InChI is InChI=1S/C26H29Cl2N5O4S/c27-21-5-3-18(13-22(21)28)15-29-24(34)16-32-17-30-23-6-4-19(14-20(23)25(32)35)31-9-11-33(12-10-31)26(38(36)37)7-1-2-8-26/h3-6,13-14,17H,1-2,7-12,15-16H2,(H,29,34)(H,36,37). The number of nitrogens with zero attached hydrogens (tertiary/aromatic N) is 4. The van der Waals surface area contributed by atoms with E-state index in [0.717, 1.165) is 36.9 Å². The summed E-state index contributed by atoms with van der Waals surface area (Å²) in [4.78, 5) is 33.9. The van der Waals surface area contributed by atoms with E-state index in [4.69, 9.17) is 23.2 Å². The minimum Gasteiger partial charge on any atom is -0.369 e. The van der Waals surface area contributed by atoms with Gasteiger partial charge in [-0.05, 0) is 48.7 Å². The van der Waals surface area contributed by atoms with Gasteiger partial charge in [-0.3, -0.25) is 19.1 Å². The summed E-state index contributed by atoms with van der Waals surface area (Å²) in [5, 5.41) is 4.08. The first-order valence-corrected chi connectivity index (χ1v) is 14.4. The fourth-order valence-corrected chi connectivity index (χ4v) is 6.78. The van der Waals surface area contributed by atoms with Crippen molar-refractivity contribution in [3.8, 4) is 0 Å². The number of aromatic nitrogens is 2. The number of hydrogen-bond donors (Lipinski definition) is 2. The van der Waals surface area contributed by atoms with Crippen molar-refractivity contribution in [1.82, 2.24) is 19.8 Å². The summed E-state index contributed by atoms with van der Waals surface area (Å²) >= 11 is 10.1. The summed E-state index contributed by atoms with van der Waals surface area (Å²) in [6.07, 6.45) is 4.84. The van der Waals surface area contributed by atoms with Crippen LogP contribution in [0.25, 0.3) is 10.9 Å². The monoisotopic (exact) mass is 577 g/mol. The van der Waals surface area contributed by atoms with Gasteiger partial charge >= 0.3 is 0 Å². The predicted octanol–water partition coefficient (Wildman–Crippen LogP) is 3.63. The molecule has 1 saturated heterocycles. The molecule has 1 saturated carbocycles. The number of nitrogens with one attached hydrogen (secondary N) is 1. The molecule has 1 amide bonds. The average molecular weight is 579 g/mol. The maximum absolute atomic E-state index is 13.2. The molecule has 9 nitrogen and oxygen atoms in total. The first kappa shape index (κ1) is 27.1. The molecule has 2 N–H and O–H groups in total. The van der Waals surface area contributed by atoms with Crippen LogP contribution in [-0.4, -0.2) is 60.2 Å². The molecule has 2 fully saturated rings. The molecule has 1 atom stereocenters. The highest BCUT2D eigenvalue weighted by atomic mass is 35.5. The van der Waals surface area contributed by atoms with E-state index in [9.17, 15) is 18.4 Å². The van der Waals surface area contributed by atoms with E-state index in [1.807, 2.05) is 18.2 Å². The summed E-state index contributed by atoms with van der Waals surface area (Å²) < 4.78 is 23.5. The molecule has 5 rings (SSSR count). The third-order valence-corrected chi connectivity index (χ3v) is 9.58. The number of fused-ring (bicyclic) bond motifs is 1. The second-order valence-corrected chi connectivity index (χ2v) is 11.9. The second kappa shape index (κ2) is 11.3. The number of rotatable bonds is 7. The number of halogens is 2. The number of hydrogen-bond acceptors (Lipinski definition) is 6. The molecule has 2 aromatic carbocycles. The molecule has 1 aromatic heterocycles. The van der Waals surface area contributed by atoms with E-state index >= 15 is 0 Å². The number of anilines is 1. The molecule has 202 valence electrons. The fourth-order valence-electron chi connectivity index (χ4n) is 5.42. The van der Waals surface area contributed by atoms with Crippen LogP contribution in [0.4, 0.5) is 5.69 Å².